The molecule has 110 valence electrons. The van der Waals surface area contributed by atoms with Gasteiger partial charge in [-0.15, -0.1) is 0 Å². The Kier molecular flexibility index (Phi) is 3.49. The Hall–Kier alpha value is -1.81. The van der Waals surface area contributed by atoms with Crippen LogP contribution in [0.15, 0.2) is 30.4 Å². The van der Waals surface area contributed by atoms with Crippen molar-refractivity contribution in [2.75, 3.05) is 12.0 Å². The van der Waals surface area contributed by atoms with E-state index in [1.165, 1.54) is 12.0 Å². The van der Waals surface area contributed by atoms with Crippen molar-refractivity contribution < 1.29 is 14.3 Å². The molecule has 5 heteroatoms. The molecule has 21 heavy (non-hydrogen) atoms. The number of methoxy groups -OCH3 is 1. The number of nitrogens with zero attached hydrogens (tertiary/aromatic N) is 1. The molecular formula is C16H16ClNO3. The van der Waals surface area contributed by atoms with E-state index in [1.54, 1.807) is 18.2 Å². The number of hydrogen-bond donors (Lipinski definition) is 0. The van der Waals surface area contributed by atoms with E-state index in [-0.39, 0.29) is 29.6 Å². The second-order valence-electron chi connectivity index (χ2n) is 5.49. The summed E-state index contributed by atoms with van der Waals surface area (Å²) in [5, 5.41) is 0.386. The highest BCUT2D eigenvalue weighted by atomic mass is 35.5. The van der Waals surface area contributed by atoms with Crippen LogP contribution in [0, 0.1) is 17.8 Å². The van der Waals surface area contributed by atoms with Crippen LogP contribution in [-0.2, 0) is 9.59 Å². The van der Waals surface area contributed by atoms with Crippen LogP contribution in [0.2, 0.25) is 5.02 Å². The summed E-state index contributed by atoms with van der Waals surface area (Å²) in [6, 6.07) is 4.96. The molecule has 2 amide bonds. The first kappa shape index (κ1) is 14.1. The highest BCUT2D eigenvalue weighted by Crippen LogP contribution is 2.41. The molecule has 0 aromatic heterocycles. The number of rotatable bonds is 2. The number of carbonyl (C=O) groups excluding carboxylic acids is 2. The van der Waals surface area contributed by atoms with Crippen LogP contribution in [0.25, 0.3) is 0 Å². The van der Waals surface area contributed by atoms with Crippen molar-refractivity contribution in [1.29, 1.82) is 0 Å². The van der Waals surface area contributed by atoms with Gasteiger partial charge >= 0.3 is 0 Å². The third kappa shape index (κ3) is 2.14. The van der Waals surface area contributed by atoms with Crippen molar-refractivity contribution in [3.8, 4) is 5.75 Å². The van der Waals surface area contributed by atoms with Crippen LogP contribution < -0.4 is 9.64 Å². The van der Waals surface area contributed by atoms with Crippen LogP contribution in [-0.4, -0.2) is 18.9 Å². The van der Waals surface area contributed by atoms with Crippen LogP contribution in [0.4, 0.5) is 5.69 Å². The minimum Gasteiger partial charge on any atom is -0.495 e. The Labute approximate surface area is 128 Å². The first-order valence-corrected chi connectivity index (χ1v) is 7.30. The molecule has 1 aromatic carbocycles. The van der Waals surface area contributed by atoms with Crippen molar-refractivity contribution in [3.05, 3.63) is 35.4 Å². The molecule has 0 spiro atoms. The maximum atomic E-state index is 12.6. The molecule has 1 saturated heterocycles. The topological polar surface area (TPSA) is 46.6 Å². The highest BCUT2D eigenvalue weighted by molar-refractivity contribution is 6.33. The number of allylic oxidation sites excluding steroid dienone is 2. The second-order valence-corrected chi connectivity index (χ2v) is 5.89. The summed E-state index contributed by atoms with van der Waals surface area (Å²) in [6.07, 6.45) is 4.62. The van der Waals surface area contributed by atoms with E-state index >= 15 is 0 Å². The van der Waals surface area contributed by atoms with Gasteiger partial charge in [0, 0.05) is 0 Å². The third-order valence-electron chi connectivity index (χ3n) is 4.27. The lowest BCUT2D eigenvalue weighted by molar-refractivity contribution is -0.122. The number of imide groups is 1. The first-order valence-electron chi connectivity index (χ1n) is 6.92. The Bertz CT molecular complexity index is 640. The molecule has 2 aliphatic rings. The third-order valence-corrected chi connectivity index (χ3v) is 4.56. The SMILES string of the molecule is COc1ccc(N2C(=O)[C@H]3[C@H](C)C=CC[C@H]3C2=O)cc1Cl. The number of amides is 2. The summed E-state index contributed by atoms with van der Waals surface area (Å²) in [5.74, 6) is -0.182. The van der Waals surface area contributed by atoms with Gasteiger partial charge in [0.2, 0.25) is 11.8 Å². The summed E-state index contributed by atoms with van der Waals surface area (Å²) in [7, 11) is 1.52. The van der Waals surface area contributed by atoms with Gasteiger partial charge in [0.1, 0.15) is 5.75 Å². The lowest BCUT2D eigenvalue weighted by Gasteiger charge is -2.22. The van der Waals surface area contributed by atoms with Gasteiger partial charge in [-0.2, -0.15) is 0 Å². The van der Waals surface area contributed by atoms with Gasteiger partial charge in [0.05, 0.1) is 29.7 Å². The molecule has 3 rings (SSSR count). The molecule has 1 aliphatic carbocycles. The van der Waals surface area contributed by atoms with Crippen LogP contribution in [0.5, 0.6) is 5.75 Å². The van der Waals surface area contributed by atoms with E-state index < -0.39 is 0 Å². The minimum absolute atomic E-state index is 0.0823. The minimum atomic E-state index is -0.261. The van der Waals surface area contributed by atoms with Gasteiger partial charge < -0.3 is 4.74 Å². The van der Waals surface area contributed by atoms with Gasteiger partial charge in [-0.05, 0) is 30.5 Å². The Morgan fingerprint density at radius 3 is 2.67 bits per heavy atom. The normalized spacial score (nSPS) is 28.0. The van der Waals surface area contributed by atoms with Crippen molar-refractivity contribution in [1.82, 2.24) is 0 Å². The van der Waals surface area contributed by atoms with E-state index in [1.807, 2.05) is 19.1 Å². The highest BCUT2D eigenvalue weighted by Gasteiger charge is 2.50. The van der Waals surface area contributed by atoms with Gasteiger partial charge in [0.25, 0.3) is 0 Å². The summed E-state index contributed by atoms with van der Waals surface area (Å²) in [5.41, 5.74) is 0.511. The molecule has 0 saturated carbocycles. The van der Waals surface area contributed by atoms with Crippen molar-refractivity contribution in [2.24, 2.45) is 17.8 Å². The Balaban J connectivity index is 1.98. The fourth-order valence-corrected chi connectivity index (χ4v) is 3.45. The van der Waals surface area contributed by atoms with Crippen LogP contribution in [0.1, 0.15) is 13.3 Å². The smallest absolute Gasteiger partial charge is 0.238 e. The number of halogens is 1. The van der Waals surface area contributed by atoms with Crippen molar-refractivity contribution >= 4 is 29.1 Å². The molecule has 1 aliphatic heterocycles. The Morgan fingerprint density at radius 2 is 2.05 bits per heavy atom. The second kappa shape index (κ2) is 5.19. The van der Waals surface area contributed by atoms with Gasteiger partial charge in [-0.25, -0.2) is 4.90 Å². The zero-order chi connectivity index (χ0) is 15.1. The number of ether oxygens (including phenoxy) is 1. The molecule has 1 heterocycles. The predicted octanol–water partition coefficient (Wildman–Crippen LogP) is 3.05. The van der Waals surface area contributed by atoms with Gasteiger partial charge in [-0.3, -0.25) is 9.59 Å². The molecule has 1 aromatic rings. The van der Waals surface area contributed by atoms with Crippen molar-refractivity contribution in [3.63, 3.8) is 0 Å². The lowest BCUT2D eigenvalue weighted by atomic mass is 9.78. The predicted molar refractivity (Wildman–Crippen MR) is 80.4 cm³/mol. The molecule has 3 atom stereocenters. The van der Waals surface area contributed by atoms with Crippen LogP contribution >= 0.6 is 11.6 Å². The quantitative estimate of drug-likeness (QED) is 0.623. The van der Waals surface area contributed by atoms with E-state index in [4.69, 9.17) is 16.3 Å². The van der Waals surface area contributed by atoms with Crippen LogP contribution in [0.3, 0.4) is 0 Å². The lowest BCUT2D eigenvalue weighted by Crippen LogP contribution is -2.31. The van der Waals surface area contributed by atoms with E-state index in [0.717, 1.165) is 0 Å². The summed E-state index contributed by atoms with van der Waals surface area (Å²) >= 11 is 6.10. The average molecular weight is 306 g/mol. The maximum Gasteiger partial charge on any atom is 0.238 e. The Morgan fingerprint density at radius 1 is 1.29 bits per heavy atom. The number of benzene rings is 1. The standard InChI is InChI=1S/C16H16ClNO3/c1-9-4-3-5-11-14(9)16(20)18(15(11)19)10-6-7-13(21-2)12(17)8-10/h3-4,6-9,11,14H,5H2,1-2H3/t9-,11-,14+/m1/s1. The summed E-state index contributed by atoms with van der Waals surface area (Å²) in [6.45, 7) is 1.98. The molecule has 0 N–H and O–H groups in total. The molecular weight excluding hydrogens is 290 g/mol. The zero-order valence-electron chi connectivity index (χ0n) is 11.9. The molecule has 0 unspecified atom stereocenters. The molecule has 0 radical (unpaired) electrons. The average Bonchev–Trinajstić information content (AvgIpc) is 2.72. The van der Waals surface area contributed by atoms with Gasteiger partial charge in [0.15, 0.2) is 0 Å². The number of fused-ring (bicyclic) bond motifs is 1. The largest absolute Gasteiger partial charge is 0.495 e. The van der Waals surface area contributed by atoms with E-state index in [9.17, 15) is 9.59 Å². The molecule has 1 fully saturated rings. The van der Waals surface area contributed by atoms with Gasteiger partial charge in [-0.1, -0.05) is 30.7 Å². The summed E-state index contributed by atoms with van der Waals surface area (Å²) in [4.78, 5) is 26.5. The van der Waals surface area contributed by atoms with E-state index in [0.29, 0.717) is 22.9 Å². The molecule has 0 bridgehead atoms. The van der Waals surface area contributed by atoms with E-state index in [2.05, 4.69) is 0 Å². The van der Waals surface area contributed by atoms with Crippen molar-refractivity contribution in [2.45, 2.75) is 13.3 Å². The first-order chi connectivity index (χ1) is 10.0. The summed E-state index contributed by atoms with van der Waals surface area (Å²) < 4.78 is 5.10. The number of hydrogen-bond acceptors (Lipinski definition) is 3. The fraction of sp³-hybridized carbons (Fsp3) is 0.375. The number of anilines is 1. The fourth-order valence-electron chi connectivity index (χ4n) is 3.20. The maximum absolute atomic E-state index is 12.6. The number of carbonyl (C=O) groups is 2. The molecule has 4 nitrogen and oxygen atoms in total. The zero-order valence-corrected chi connectivity index (χ0v) is 12.6. The monoisotopic (exact) mass is 305 g/mol.